The van der Waals surface area contributed by atoms with E-state index in [1.54, 1.807) is 11.3 Å². The molecule has 1 aromatic heterocycles. The van der Waals surface area contributed by atoms with E-state index in [9.17, 15) is 9.90 Å². The van der Waals surface area contributed by atoms with E-state index < -0.39 is 0 Å². The number of aromatic nitrogens is 1. The van der Waals surface area contributed by atoms with Gasteiger partial charge in [0.05, 0.1) is 23.4 Å². The van der Waals surface area contributed by atoms with Gasteiger partial charge in [0, 0.05) is 24.3 Å². The van der Waals surface area contributed by atoms with E-state index in [2.05, 4.69) is 50.2 Å². The van der Waals surface area contributed by atoms with Crippen molar-refractivity contribution < 1.29 is 9.90 Å². The number of hydrogen-bond donors (Lipinski definition) is 3. The molecule has 1 heterocycles. The Bertz CT molecular complexity index is 466. The Morgan fingerprint density at radius 3 is 2.59 bits per heavy atom. The van der Waals surface area contributed by atoms with Crippen molar-refractivity contribution >= 4 is 17.4 Å². The molecule has 126 valence electrons. The van der Waals surface area contributed by atoms with Crippen molar-refractivity contribution in [2.45, 2.75) is 59.4 Å². The number of carbonyl (C=O) groups is 1. The quantitative estimate of drug-likeness (QED) is 0.721. The second-order valence-corrected chi connectivity index (χ2v) is 8.02. The van der Waals surface area contributed by atoms with Crippen LogP contribution in [0, 0.1) is 5.41 Å². The molecule has 0 aliphatic rings. The number of rotatable bonds is 7. The van der Waals surface area contributed by atoms with Gasteiger partial charge < -0.3 is 15.7 Å². The lowest BCUT2D eigenvalue weighted by molar-refractivity contribution is 0.191. The van der Waals surface area contributed by atoms with Gasteiger partial charge in [0.2, 0.25) is 0 Å². The van der Waals surface area contributed by atoms with Gasteiger partial charge in [-0.25, -0.2) is 9.78 Å². The molecule has 2 amide bonds. The molecule has 1 rings (SSSR count). The molecule has 0 aliphatic heterocycles. The minimum atomic E-state index is -0.234. The number of amides is 2. The lowest BCUT2D eigenvalue weighted by Gasteiger charge is -2.25. The Morgan fingerprint density at radius 1 is 1.41 bits per heavy atom. The van der Waals surface area contributed by atoms with Crippen molar-refractivity contribution in [2.75, 3.05) is 13.2 Å². The Hall–Kier alpha value is -1.14. The zero-order valence-corrected chi connectivity index (χ0v) is 15.1. The van der Waals surface area contributed by atoms with Gasteiger partial charge in [-0.3, -0.25) is 0 Å². The molecule has 22 heavy (non-hydrogen) atoms. The van der Waals surface area contributed by atoms with Gasteiger partial charge >= 0.3 is 6.03 Å². The first-order chi connectivity index (χ1) is 10.2. The highest BCUT2D eigenvalue weighted by Crippen LogP contribution is 2.20. The Morgan fingerprint density at radius 2 is 2.09 bits per heavy atom. The summed E-state index contributed by atoms with van der Waals surface area (Å²) in [5.41, 5.74) is 1.08. The van der Waals surface area contributed by atoms with Crippen LogP contribution in [0.15, 0.2) is 5.38 Å². The van der Waals surface area contributed by atoms with Crippen molar-refractivity contribution in [3.8, 4) is 0 Å². The summed E-state index contributed by atoms with van der Waals surface area (Å²) >= 11 is 1.66. The van der Waals surface area contributed by atoms with Gasteiger partial charge in [-0.2, -0.15) is 0 Å². The summed E-state index contributed by atoms with van der Waals surface area (Å²) in [6.45, 7) is 11.0. The molecule has 0 saturated carbocycles. The minimum absolute atomic E-state index is 0.0471. The van der Waals surface area contributed by atoms with Crippen LogP contribution >= 0.6 is 11.3 Å². The van der Waals surface area contributed by atoms with Gasteiger partial charge in [-0.15, -0.1) is 11.3 Å². The van der Waals surface area contributed by atoms with Gasteiger partial charge in [0.15, 0.2) is 0 Å². The summed E-state index contributed by atoms with van der Waals surface area (Å²) < 4.78 is 0. The third-order valence-corrected chi connectivity index (χ3v) is 4.34. The summed E-state index contributed by atoms with van der Waals surface area (Å²) in [4.78, 5) is 16.4. The fraction of sp³-hybridized carbons (Fsp3) is 0.750. The van der Waals surface area contributed by atoms with E-state index in [-0.39, 0.29) is 24.1 Å². The number of aliphatic hydroxyl groups is 1. The molecule has 1 atom stereocenters. The normalized spacial score (nSPS) is 13.2. The van der Waals surface area contributed by atoms with Crippen molar-refractivity contribution in [1.82, 2.24) is 15.6 Å². The van der Waals surface area contributed by atoms with E-state index in [4.69, 9.17) is 0 Å². The largest absolute Gasteiger partial charge is 0.394 e. The molecule has 5 nitrogen and oxygen atoms in total. The second-order valence-electron chi connectivity index (χ2n) is 7.13. The SMILES string of the molecule is CC(C)c1nc(CCNC(=O)NC(CO)CC(C)(C)C)cs1. The smallest absolute Gasteiger partial charge is 0.315 e. The van der Waals surface area contributed by atoms with Crippen molar-refractivity contribution in [1.29, 1.82) is 0 Å². The number of hydrogen-bond acceptors (Lipinski definition) is 4. The number of aliphatic hydroxyl groups excluding tert-OH is 1. The zero-order valence-electron chi connectivity index (χ0n) is 14.3. The maximum absolute atomic E-state index is 11.9. The first-order valence-electron chi connectivity index (χ1n) is 7.81. The molecular weight excluding hydrogens is 298 g/mol. The average molecular weight is 327 g/mol. The maximum atomic E-state index is 11.9. The van der Waals surface area contributed by atoms with Gasteiger partial charge in [-0.05, 0) is 11.8 Å². The van der Waals surface area contributed by atoms with E-state index in [1.807, 2.05) is 5.38 Å². The first-order valence-corrected chi connectivity index (χ1v) is 8.68. The van der Waals surface area contributed by atoms with Crippen molar-refractivity contribution in [3.63, 3.8) is 0 Å². The third-order valence-electron chi connectivity index (χ3n) is 3.14. The average Bonchev–Trinajstić information content (AvgIpc) is 2.85. The van der Waals surface area contributed by atoms with Gasteiger partial charge in [-0.1, -0.05) is 34.6 Å². The highest BCUT2D eigenvalue weighted by atomic mass is 32.1. The van der Waals surface area contributed by atoms with E-state index in [1.165, 1.54) is 0 Å². The molecule has 0 saturated heterocycles. The molecule has 6 heteroatoms. The van der Waals surface area contributed by atoms with Crippen molar-refractivity contribution in [2.24, 2.45) is 5.41 Å². The summed E-state index contributed by atoms with van der Waals surface area (Å²) in [5, 5.41) is 18.2. The van der Waals surface area contributed by atoms with Gasteiger partial charge in [0.1, 0.15) is 0 Å². The highest BCUT2D eigenvalue weighted by Gasteiger charge is 2.19. The van der Waals surface area contributed by atoms with Crippen LogP contribution in [0.2, 0.25) is 0 Å². The summed E-state index contributed by atoms with van der Waals surface area (Å²) in [7, 11) is 0. The number of urea groups is 1. The first kappa shape index (κ1) is 18.9. The third kappa shape index (κ3) is 7.22. The number of thiazole rings is 1. The molecule has 1 aromatic rings. The van der Waals surface area contributed by atoms with Crippen LogP contribution in [-0.2, 0) is 6.42 Å². The minimum Gasteiger partial charge on any atom is -0.394 e. The predicted molar refractivity (Wildman–Crippen MR) is 91.4 cm³/mol. The Kier molecular flexibility index (Phi) is 7.29. The van der Waals surface area contributed by atoms with Crippen LogP contribution < -0.4 is 10.6 Å². The van der Waals surface area contributed by atoms with Crippen LogP contribution in [0.4, 0.5) is 4.79 Å². The standard InChI is InChI=1S/C16H29N3O2S/c1-11(2)14-18-12(10-22-14)6-7-17-15(21)19-13(9-20)8-16(3,4)5/h10-11,13,20H,6-9H2,1-5H3,(H2,17,19,21). The Labute approximate surface area is 137 Å². The molecular formula is C16H29N3O2S. The molecule has 0 radical (unpaired) electrons. The van der Waals surface area contributed by atoms with Crippen LogP contribution in [-0.4, -0.2) is 35.3 Å². The molecule has 0 fully saturated rings. The monoisotopic (exact) mass is 327 g/mol. The van der Waals surface area contributed by atoms with Crippen LogP contribution in [0.3, 0.4) is 0 Å². The predicted octanol–water partition coefficient (Wildman–Crippen LogP) is 2.91. The van der Waals surface area contributed by atoms with Crippen LogP contribution in [0.25, 0.3) is 0 Å². The zero-order chi connectivity index (χ0) is 16.8. The summed E-state index contributed by atoms with van der Waals surface area (Å²) in [6.07, 6.45) is 1.46. The van der Waals surface area contributed by atoms with Crippen LogP contribution in [0.1, 0.15) is 57.7 Å². The lowest BCUT2D eigenvalue weighted by Crippen LogP contribution is -2.45. The van der Waals surface area contributed by atoms with Crippen molar-refractivity contribution in [3.05, 3.63) is 16.1 Å². The fourth-order valence-electron chi connectivity index (χ4n) is 2.14. The highest BCUT2D eigenvalue weighted by molar-refractivity contribution is 7.09. The Balaban J connectivity index is 2.32. The maximum Gasteiger partial charge on any atom is 0.315 e. The van der Waals surface area contributed by atoms with E-state index >= 15 is 0 Å². The summed E-state index contributed by atoms with van der Waals surface area (Å²) in [5.74, 6) is 0.442. The van der Waals surface area contributed by atoms with Crippen LogP contribution in [0.5, 0.6) is 0 Å². The van der Waals surface area contributed by atoms with E-state index in [0.717, 1.165) is 23.5 Å². The molecule has 0 aromatic carbocycles. The molecule has 0 bridgehead atoms. The number of carbonyl (C=O) groups excluding carboxylic acids is 1. The lowest BCUT2D eigenvalue weighted by atomic mass is 9.88. The fourth-order valence-corrected chi connectivity index (χ4v) is 3.01. The second kappa shape index (κ2) is 8.48. The number of nitrogens with zero attached hydrogens (tertiary/aromatic N) is 1. The van der Waals surface area contributed by atoms with Gasteiger partial charge in [0.25, 0.3) is 0 Å². The number of nitrogens with one attached hydrogen (secondary N) is 2. The van der Waals surface area contributed by atoms with E-state index in [0.29, 0.717) is 12.5 Å². The topological polar surface area (TPSA) is 74.2 Å². The molecule has 3 N–H and O–H groups in total. The molecule has 1 unspecified atom stereocenters. The summed E-state index contributed by atoms with van der Waals surface area (Å²) in [6, 6.07) is -0.450. The molecule has 0 spiro atoms. The molecule has 0 aliphatic carbocycles.